The van der Waals surface area contributed by atoms with Gasteiger partial charge >= 0.3 is 0 Å². The van der Waals surface area contributed by atoms with E-state index in [1.54, 1.807) is 31.4 Å². The highest BCUT2D eigenvalue weighted by molar-refractivity contribution is 7.89. The number of rotatable bonds is 5. The summed E-state index contributed by atoms with van der Waals surface area (Å²) in [4.78, 5) is 4.46. The maximum Gasteiger partial charge on any atom is 0.160 e. The van der Waals surface area contributed by atoms with Gasteiger partial charge < -0.3 is 4.74 Å². The lowest BCUT2D eigenvalue weighted by atomic mass is 9.98. The topological polar surface area (TPSA) is 56.3 Å². The molecule has 0 saturated carbocycles. The first-order valence-corrected chi connectivity index (χ1v) is 9.68. The molecular weight excluding hydrogens is 318 g/mol. The molecule has 4 nitrogen and oxygen atoms in total. The van der Waals surface area contributed by atoms with Gasteiger partial charge in [-0.25, -0.2) is 13.4 Å². The zero-order valence-electron chi connectivity index (χ0n) is 13.3. The molecule has 0 N–H and O–H groups in total. The number of benzene rings is 1. The van der Waals surface area contributed by atoms with Crippen molar-refractivity contribution in [2.45, 2.75) is 37.7 Å². The molecule has 0 aliphatic heterocycles. The Balaban J connectivity index is 2.12. The molecule has 22 heavy (non-hydrogen) atoms. The van der Waals surface area contributed by atoms with Gasteiger partial charge in [-0.05, 0) is 17.7 Å². The van der Waals surface area contributed by atoms with Gasteiger partial charge in [0.1, 0.15) is 5.75 Å². The number of methoxy groups -OCH3 is 1. The SMILES string of the molecule is COc1cccc(CS(=O)(=O)Cc2csc(C(C)(C)C)n2)c1. The van der Waals surface area contributed by atoms with E-state index in [0.717, 1.165) is 10.6 Å². The lowest BCUT2D eigenvalue weighted by Crippen LogP contribution is -2.12. The molecule has 1 aromatic carbocycles. The molecule has 6 heteroatoms. The van der Waals surface area contributed by atoms with Crippen molar-refractivity contribution in [1.29, 1.82) is 0 Å². The summed E-state index contributed by atoms with van der Waals surface area (Å²) in [6.07, 6.45) is 0. The fraction of sp³-hybridized carbons (Fsp3) is 0.438. The highest BCUT2D eigenvalue weighted by atomic mass is 32.2. The zero-order chi connectivity index (χ0) is 16.4. The van der Waals surface area contributed by atoms with Crippen LogP contribution in [0.15, 0.2) is 29.6 Å². The molecular formula is C16H21NO3S2. The predicted octanol–water partition coefficient (Wildman–Crippen LogP) is 3.56. The standard InChI is InChI=1S/C16H21NO3S2/c1-16(2,3)15-17-13(9-21-15)11-22(18,19)10-12-6-5-7-14(8-12)20-4/h5-9H,10-11H2,1-4H3. The Morgan fingerprint density at radius 1 is 1.23 bits per heavy atom. The van der Waals surface area contributed by atoms with Crippen LogP contribution < -0.4 is 4.74 Å². The van der Waals surface area contributed by atoms with Crippen LogP contribution in [0.1, 0.15) is 37.0 Å². The Bertz CT molecular complexity index is 743. The number of nitrogens with zero attached hydrogens (tertiary/aromatic N) is 1. The minimum atomic E-state index is -3.26. The highest BCUT2D eigenvalue weighted by Gasteiger charge is 2.21. The normalized spacial score (nSPS) is 12.4. The lowest BCUT2D eigenvalue weighted by Gasteiger charge is -2.13. The number of hydrogen-bond acceptors (Lipinski definition) is 5. The largest absolute Gasteiger partial charge is 0.497 e. The van der Waals surface area contributed by atoms with E-state index in [2.05, 4.69) is 25.8 Å². The number of thiazole rings is 1. The molecule has 0 atom stereocenters. The van der Waals surface area contributed by atoms with Gasteiger partial charge in [-0.15, -0.1) is 11.3 Å². The Kier molecular flexibility index (Phi) is 4.92. The highest BCUT2D eigenvalue weighted by Crippen LogP contribution is 2.26. The van der Waals surface area contributed by atoms with E-state index in [4.69, 9.17) is 4.74 Å². The third kappa shape index (κ3) is 4.55. The van der Waals surface area contributed by atoms with Crippen molar-refractivity contribution in [3.8, 4) is 5.75 Å². The smallest absolute Gasteiger partial charge is 0.160 e. The first-order chi connectivity index (χ1) is 10.2. The number of ether oxygens (including phenoxy) is 1. The van der Waals surface area contributed by atoms with E-state index >= 15 is 0 Å². The van der Waals surface area contributed by atoms with Gasteiger partial charge in [0.25, 0.3) is 0 Å². The second-order valence-corrected chi connectivity index (χ2v) is 9.20. The van der Waals surface area contributed by atoms with Crippen molar-refractivity contribution in [1.82, 2.24) is 4.98 Å². The van der Waals surface area contributed by atoms with Gasteiger partial charge in [-0.3, -0.25) is 0 Å². The van der Waals surface area contributed by atoms with Crippen LogP contribution in [0.3, 0.4) is 0 Å². The predicted molar refractivity (Wildman–Crippen MR) is 90.1 cm³/mol. The molecule has 120 valence electrons. The molecule has 0 spiro atoms. The maximum absolute atomic E-state index is 12.4. The van der Waals surface area contributed by atoms with Crippen molar-refractivity contribution in [2.75, 3.05) is 7.11 Å². The van der Waals surface area contributed by atoms with Crippen LogP contribution in [0.2, 0.25) is 0 Å². The summed E-state index contributed by atoms with van der Waals surface area (Å²) in [6, 6.07) is 7.14. The molecule has 1 aromatic heterocycles. The summed E-state index contributed by atoms with van der Waals surface area (Å²) in [5.41, 5.74) is 1.29. The summed E-state index contributed by atoms with van der Waals surface area (Å²) in [6.45, 7) is 6.21. The Hall–Kier alpha value is -1.40. The molecule has 0 radical (unpaired) electrons. The van der Waals surface area contributed by atoms with Gasteiger partial charge in [0, 0.05) is 10.8 Å². The minimum absolute atomic E-state index is 0.00736. The molecule has 0 unspecified atom stereocenters. The van der Waals surface area contributed by atoms with Gasteiger partial charge in [0.2, 0.25) is 0 Å². The van der Waals surface area contributed by atoms with Crippen molar-refractivity contribution in [3.05, 3.63) is 45.9 Å². The third-order valence-corrected chi connectivity index (χ3v) is 5.91. The Morgan fingerprint density at radius 3 is 2.55 bits per heavy atom. The van der Waals surface area contributed by atoms with Crippen LogP contribution in [0, 0.1) is 0 Å². The van der Waals surface area contributed by atoms with E-state index in [-0.39, 0.29) is 16.9 Å². The number of hydrogen-bond donors (Lipinski definition) is 0. The molecule has 0 aliphatic carbocycles. The molecule has 0 saturated heterocycles. The molecule has 0 amide bonds. The first kappa shape index (κ1) is 17.0. The summed E-state index contributed by atoms with van der Waals surface area (Å²) in [5.74, 6) is 0.625. The maximum atomic E-state index is 12.4. The summed E-state index contributed by atoms with van der Waals surface area (Å²) in [7, 11) is -1.69. The van der Waals surface area contributed by atoms with Crippen LogP contribution in [0.25, 0.3) is 0 Å². The second-order valence-electron chi connectivity index (χ2n) is 6.28. The van der Waals surface area contributed by atoms with Crippen molar-refractivity contribution < 1.29 is 13.2 Å². The molecule has 2 rings (SSSR count). The van der Waals surface area contributed by atoms with Crippen LogP contribution in [0.4, 0.5) is 0 Å². The molecule has 2 aromatic rings. The zero-order valence-corrected chi connectivity index (χ0v) is 14.9. The monoisotopic (exact) mass is 339 g/mol. The quantitative estimate of drug-likeness (QED) is 0.836. The third-order valence-electron chi connectivity index (χ3n) is 3.08. The number of aromatic nitrogens is 1. The van der Waals surface area contributed by atoms with E-state index in [1.165, 1.54) is 11.3 Å². The van der Waals surface area contributed by atoms with Crippen LogP contribution in [-0.2, 0) is 26.8 Å². The van der Waals surface area contributed by atoms with Gasteiger partial charge in [-0.2, -0.15) is 0 Å². The van der Waals surface area contributed by atoms with E-state index in [0.29, 0.717) is 11.4 Å². The van der Waals surface area contributed by atoms with Crippen molar-refractivity contribution >= 4 is 21.2 Å². The van der Waals surface area contributed by atoms with E-state index in [9.17, 15) is 8.42 Å². The Labute approximate surface area is 136 Å². The first-order valence-electron chi connectivity index (χ1n) is 6.98. The summed E-state index contributed by atoms with van der Waals surface area (Å²) < 4.78 is 29.8. The second kappa shape index (κ2) is 6.38. The minimum Gasteiger partial charge on any atom is -0.497 e. The van der Waals surface area contributed by atoms with Crippen LogP contribution >= 0.6 is 11.3 Å². The number of sulfone groups is 1. The fourth-order valence-corrected chi connectivity index (χ4v) is 4.41. The molecule has 1 heterocycles. The average Bonchev–Trinajstić information content (AvgIpc) is 2.86. The van der Waals surface area contributed by atoms with Crippen LogP contribution in [0.5, 0.6) is 5.75 Å². The van der Waals surface area contributed by atoms with Crippen LogP contribution in [-0.4, -0.2) is 20.5 Å². The van der Waals surface area contributed by atoms with E-state index in [1.807, 2.05) is 5.38 Å². The Morgan fingerprint density at radius 2 is 1.95 bits per heavy atom. The van der Waals surface area contributed by atoms with Crippen molar-refractivity contribution in [3.63, 3.8) is 0 Å². The molecule has 0 aliphatic rings. The fourth-order valence-electron chi connectivity index (χ4n) is 2.01. The summed E-state index contributed by atoms with van der Waals surface area (Å²) in [5, 5.41) is 2.79. The molecule has 0 fully saturated rings. The molecule has 0 bridgehead atoms. The van der Waals surface area contributed by atoms with Gasteiger partial charge in [0.15, 0.2) is 9.84 Å². The van der Waals surface area contributed by atoms with Gasteiger partial charge in [0.05, 0.1) is 29.3 Å². The average molecular weight is 339 g/mol. The van der Waals surface area contributed by atoms with Crippen molar-refractivity contribution in [2.24, 2.45) is 0 Å². The summed E-state index contributed by atoms with van der Waals surface area (Å²) >= 11 is 1.51. The van der Waals surface area contributed by atoms with Gasteiger partial charge in [-0.1, -0.05) is 32.9 Å². The van der Waals surface area contributed by atoms with E-state index < -0.39 is 9.84 Å². The lowest BCUT2D eigenvalue weighted by molar-refractivity contribution is 0.414.